The molecule has 0 amide bonds. The summed E-state index contributed by atoms with van der Waals surface area (Å²) in [6.07, 6.45) is 0. The Hall–Kier alpha value is -1.02. The van der Waals surface area contributed by atoms with E-state index >= 15 is 0 Å². The van der Waals surface area contributed by atoms with Crippen LogP contribution in [0.4, 0.5) is 5.69 Å². The Morgan fingerprint density at radius 3 is 2.24 bits per heavy atom. The van der Waals surface area contributed by atoms with Crippen LogP contribution < -0.4 is 10.2 Å². The fourth-order valence-electron chi connectivity index (χ4n) is 2.06. The van der Waals surface area contributed by atoms with E-state index in [1.807, 2.05) is 0 Å². The van der Waals surface area contributed by atoms with Crippen LogP contribution in [0.1, 0.15) is 27.7 Å². The molecule has 17 heavy (non-hydrogen) atoms. The Balaban J connectivity index is 2.50. The Kier molecular flexibility index (Phi) is 6.06. The third kappa shape index (κ3) is 4.78. The number of rotatable bonds is 7. The molecule has 2 heteroatoms. The number of benzene rings is 1. The molecule has 0 aliphatic carbocycles. The quantitative estimate of drug-likeness (QED) is 0.779. The van der Waals surface area contributed by atoms with Crippen molar-refractivity contribution in [3.05, 3.63) is 30.3 Å². The van der Waals surface area contributed by atoms with Crippen molar-refractivity contribution in [1.29, 1.82) is 0 Å². The summed E-state index contributed by atoms with van der Waals surface area (Å²) in [7, 11) is 0. The lowest BCUT2D eigenvalue weighted by molar-refractivity contribution is 0.511. The van der Waals surface area contributed by atoms with Crippen molar-refractivity contribution >= 4 is 5.69 Å². The van der Waals surface area contributed by atoms with Gasteiger partial charge in [0.1, 0.15) is 0 Å². The molecule has 0 radical (unpaired) electrons. The van der Waals surface area contributed by atoms with Gasteiger partial charge >= 0.3 is 0 Å². The first-order chi connectivity index (χ1) is 8.15. The first-order valence-electron chi connectivity index (χ1n) is 6.67. The second-order valence-corrected chi connectivity index (χ2v) is 5.02. The molecule has 1 aromatic rings. The molecule has 1 N–H and O–H groups in total. The van der Waals surface area contributed by atoms with Gasteiger partial charge in [-0.05, 0) is 38.4 Å². The van der Waals surface area contributed by atoms with Crippen molar-refractivity contribution in [2.45, 2.75) is 33.7 Å². The SMILES string of the molecule is CCN(c1ccccc1)C(C)CNCC(C)C. The van der Waals surface area contributed by atoms with Crippen molar-refractivity contribution in [3.63, 3.8) is 0 Å². The predicted molar refractivity (Wildman–Crippen MR) is 76.6 cm³/mol. The summed E-state index contributed by atoms with van der Waals surface area (Å²) in [6.45, 7) is 12.2. The molecule has 0 saturated carbocycles. The summed E-state index contributed by atoms with van der Waals surface area (Å²) in [4.78, 5) is 2.44. The maximum absolute atomic E-state index is 3.53. The largest absolute Gasteiger partial charge is 0.368 e. The molecule has 0 saturated heterocycles. The Morgan fingerprint density at radius 2 is 1.71 bits per heavy atom. The number of hydrogen-bond acceptors (Lipinski definition) is 2. The van der Waals surface area contributed by atoms with Crippen LogP contribution in [-0.4, -0.2) is 25.7 Å². The molecule has 1 aromatic carbocycles. The summed E-state index contributed by atoms with van der Waals surface area (Å²) in [6, 6.07) is 11.2. The van der Waals surface area contributed by atoms with Crippen LogP contribution in [0.3, 0.4) is 0 Å². The van der Waals surface area contributed by atoms with E-state index in [-0.39, 0.29) is 0 Å². The van der Waals surface area contributed by atoms with Gasteiger partial charge in [-0.25, -0.2) is 0 Å². The minimum absolute atomic E-state index is 0.529. The Morgan fingerprint density at radius 1 is 1.06 bits per heavy atom. The van der Waals surface area contributed by atoms with Gasteiger partial charge in [-0.3, -0.25) is 0 Å². The van der Waals surface area contributed by atoms with Crippen molar-refractivity contribution in [3.8, 4) is 0 Å². The number of hydrogen-bond donors (Lipinski definition) is 1. The van der Waals surface area contributed by atoms with Gasteiger partial charge in [0, 0.05) is 24.8 Å². The fraction of sp³-hybridized carbons (Fsp3) is 0.600. The zero-order valence-corrected chi connectivity index (χ0v) is 11.6. The molecule has 0 heterocycles. The number of nitrogens with zero attached hydrogens (tertiary/aromatic N) is 1. The molecular formula is C15H26N2. The van der Waals surface area contributed by atoms with Crippen molar-refractivity contribution in [1.82, 2.24) is 5.32 Å². The van der Waals surface area contributed by atoms with E-state index in [9.17, 15) is 0 Å². The molecule has 1 rings (SSSR count). The van der Waals surface area contributed by atoms with E-state index in [4.69, 9.17) is 0 Å². The van der Waals surface area contributed by atoms with Crippen LogP contribution in [0.5, 0.6) is 0 Å². The van der Waals surface area contributed by atoms with Crippen molar-refractivity contribution in [2.75, 3.05) is 24.5 Å². The molecule has 0 aliphatic heterocycles. The van der Waals surface area contributed by atoms with E-state index in [0.29, 0.717) is 12.0 Å². The van der Waals surface area contributed by atoms with Gasteiger partial charge in [0.2, 0.25) is 0 Å². The smallest absolute Gasteiger partial charge is 0.0386 e. The Bertz CT molecular complexity index is 295. The van der Waals surface area contributed by atoms with Crippen molar-refractivity contribution in [2.24, 2.45) is 5.92 Å². The lowest BCUT2D eigenvalue weighted by Crippen LogP contribution is -2.41. The molecule has 0 aliphatic rings. The predicted octanol–water partition coefficient (Wildman–Crippen LogP) is 3.15. The third-order valence-corrected chi connectivity index (χ3v) is 2.95. The lowest BCUT2D eigenvalue weighted by atomic mass is 10.2. The molecular weight excluding hydrogens is 208 g/mol. The van der Waals surface area contributed by atoms with E-state index < -0.39 is 0 Å². The second kappa shape index (κ2) is 7.33. The molecule has 0 spiro atoms. The minimum atomic E-state index is 0.529. The summed E-state index contributed by atoms with van der Waals surface area (Å²) in [5, 5.41) is 3.53. The monoisotopic (exact) mass is 234 g/mol. The zero-order chi connectivity index (χ0) is 12.7. The molecule has 2 nitrogen and oxygen atoms in total. The van der Waals surface area contributed by atoms with Crippen LogP contribution in [0.15, 0.2) is 30.3 Å². The van der Waals surface area contributed by atoms with Gasteiger partial charge < -0.3 is 10.2 Å². The minimum Gasteiger partial charge on any atom is -0.368 e. The molecule has 96 valence electrons. The second-order valence-electron chi connectivity index (χ2n) is 5.02. The standard InChI is InChI=1S/C15H26N2/c1-5-17(15-9-7-6-8-10-15)14(4)12-16-11-13(2)3/h6-10,13-14,16H,5,11-12H2,1-4H3. The van der Waals surface area contributed by atoms with E-state index in [0.717, 1.165) is 19.6 Å². The van der Waals surface area contributed by atoms with Crippen LogP contribution in [0, 0.1) is 5.92 Å². The number of para-hydroxylation sites is 1. The maximum Gasteiger partial charge on any atom is 0.0386 e. The topological polar surface area (TPSA) is 15.3 Å². The highest BCUT2D eigenvalue weighted by Crippen LogP contribution is 2.15. The van der Waals surface area contributed by atoms with E-state index in [1.54, 1.807) is 0 Å². The summed E-state index contributed by atoms with van der Waals surface area (Å²) in [5.74, 6) is 0.717. The first kappa shape index (κ1) is 14.0. The van der Waals surface area contributed by atoms with Gasteiger partial charge in [0.05, 0.1) is 0 Å². The van der Waals surface area contributed by atoms with Crippen LogP contribution in [0.25, 0.3) is 0 Å². The summed E-state index contributed by atoms with van der Waals surface area (Å²) >= 11 is 0. The highest BCUT2D eigenvalue weighted by molar-refractivity contribution is 5.46. The Labute approximate surface area is 106 Å². The number of anilines is 1. The molecule has 1 atom stereocenters. The number of nitrogens with one attached hydrogen (secondary N) is 1. The van der Waals surface area contributed by atoms with Gasteiger partial charge in [0.15, 0.2) is 0 Å². The third-order valence-electron chi connectivity index (χ3n) is 2.95. The normalized spacial score (nSPS) is 12.8. The highest BCUT2D eigenvalue weighted by atomic mass is 15.2. The van der Waals surface area contributed by atoms with E-state index in [1.165, 1.54) is 5.69 Å². The van der Waals surface area contributed by atoms with Crippen LogP contribution in [0.2, 0.25) is 0 Å². The first-order valence-corrected chi connectivity index (χ1v) is 6.67. The molecule has 0 fully saturated rings. The average molecular weight is 234 g/mol. The van der Waals surface area contributed by atoms with E-state index in [2.05, 4.69) is 68.2 Å². The fourth-order valence-corrected chi connectivity index (χ4v) is 2.06. The van der Waals surface area contributed by atoms with Gasteiger partial charge in [-0.1, -0.05) is 32.0 Å². The lowest BCUT2D eigenvalue weighted by Gasteiger charge is -2.30. The van der Waals surface area contributed by atoms with Gasteiger partial charge in [-0.2, -0.15) is 0 Å². The van der Waals surface area contributed by atoms with Gasteiger partial charge in [0.25, 0.3) is 0 Å². The zero-order valence-electron chi connectivity index (χ0n) is 11.6. The average Bonchev–Trinajstić information content (AvgIpc) is 2.31. The summed E-state index contributed by atoms with van der Waals surface area (Å²) in [5.41, 5.74) is 1.31. The number of likely N-dealkylation sites (N-methyl/N-ethyl adjacent to an activating group) is 1. The molecule has 0 bridgehead atoms. The molecule has 1 unspecified atom stereocenters. The van der Waals surface area contributed by atoms with Crippen LogP contribution in [-0.2, 0) is 0 Å². The van der Waals surface area contributed by atoms with Gasteiger partial charge in [-0.15, -0.1) is 0 Å². The van der Waals surface area contributed by atoms with Crippen molar-refractivity contribution < 1.29 is 0 Å². The van der Waals surface area contributed by atoms with Crippen LogP contribution >= 0.6 is 0 Å². The summed E-state index contributed by atoms with van der Waals surface area (Å²) < 4.78 is 0. The maximum atomic E-state index is 3.53. The highest BCUT2D eigenvalue weighted by Gasteiger charge is 2.11. The molecule has 0 aromatic heterocycles.